The second-order valence-electron chi connectivity index (χ2n) is 6.62. The smallest absolute Gasteiger partial charge is 0.254 e. The predicted octanol–water partition coefficient (Wildman–Crippen LogP) is 1.72. The summed E-state index contributed by atoms with van der Waals surface area (Å²) in [4.78, 5) is 39.7. The van der Waals surface area contributed by atoms with Crippen LogP contribution in [0.5, 0.6) is 0 Å². The zero-order chi connectivity index (χ0) is 19.0. The summed E-state index contributed by atoms with van der Waals surface area (Å²) >= 11 is 0. The summed E-state index contributed by atoms with van der Waals surface area (Å²) in [5.74, 6) is -2.36. The Morgan fingerprint density at radius 2 is 1.56 bits per heavy atom. The van der Waals surface area contributed by atoms with Gasteiger partial charge in [-0.1, -0.05) is 60.7 Å². The molecule has 1 N–H and O–H groups in total. The van der Waals surface area contributed by atoms with Gasteiger partial charge < -0.3 is 0 Å². The van der Waals surface area contributed by atoms with Gasteiger partial charge >= 0.3 is 0 Å². The van der Waals surface area contributed by atoms with Crippen molar-refractivity contribution in [1.29, 1.82) is 0 Å². The van der Waals surface area contributed by atoms with Crippen LogP contribution < -0.4 is 5.43 Å². The van der Waals surface area contributed by atoms with Crippen LogP contribution in [0.15, 0.2) is 65.8 Å². The van der Waals surface area contributed by atoms with Crippen molar-refractivity contribution in [2.75, 3.05) is 6.54 Å². The molecule has 6 heteroatoms. The number of hydrazone groups is 1. The highest BCUT2D eigenvalue weighted by molar-refractivity contribution is 6.48. The number of hydrogen-bond acceptors (Lipinski definition) is 5. The molecule has 0 aromatic heterocycles. The molecule has 2 aliphatic rings. The molecule has 1 fully saturated rings. The fraction of sp³-hybridized carbons (Fsp3) is 0.238. The highest BCUT2D eigenvalue weighted by Crippen LogP contribution is 2.32. The molecule has 0 aliphatic carbocycles. The molecule has 0 bridgehead atoms. The summed E-state index contributed by atoms with van der Waals surface area (Å²) < 4.78 is 0. The molecular formula is C21H19N3O3. The Hall–Kier alpha value is -3.28. The van der Waals surface area contributed by atoms with Gasteiger partial charge in [0, 0.05) is 6.54 Å². The lowest BCUT2D eigenvalue weighted by atomic mass is 9.82. The lowest BCUT2D eigenvalue weighted by Crippen LogP contribution is -2.36. The second-order valence-corrected chi connectivity index (χ2v) is 6.62. The number of amides is 2. The van der Waals surface area contributed by atoms with E-state index in [2.05, 4.69) is 10.5 Å². The van der Waals surface area contributed by atoms with E-state index in [0.717, 1.165) is 11.1 Å². The van der Waals surface area contributed by atoms with Crippen molar-refractivity contribution in [3.05, 3.63) is 71.8 Å². The molecule has 2 amide bonds. The summed E-state index contributed by atoms with van der Waals surface area (Å²) in [6.07, 6.45) is 0. The standard InChI is InChI=1S/C21H19N3O3/c1-2-24-20(26)16-17(22-23-18(16)21(24)27)19(25)15(13-9-5-3-6-10-13)14-11-7-4-8-12-14/h3-12,15-16,18,23H,2H2,1H3. The van der Waals surface area contributed by atoms with Crippen molar-refractivity contribution in [3.63, 3.8) is 0 Å². The molecule has 136 valence electrons. The van der Waals surface area contributed by atoms with Crippen LogP contribution in [0.3, 0.4) is 0 Å². The molecule has 6 nitrogen and oxygen atoms in total. The van der Waals surface area contributed by atoms with Crippen LogP contribution in [0.1, 0.15) is 24.0 Å². The first-order valence-electron chi connectivity index (χ1n) is 8.96. The number of Topliss-reactive ketones (excluding diaryl/α,β-unsaturated/α-hetero) is 1. The van der Waals surface area contributed by atoms with E-state index >= 15 is 0 Å². The van der Waals surface area contributed by atoms with Gasteiger partial charge in [0.25, 0.3) is 5.91 Å². The van der Waals surface area contributed by atoms with Crippen LogP contribution in [0.25, 0.3) is 0 Å². The van der Waals surface area contributed by atoms with Crippen molar-refractivity contribution in [1.82, 2.24) is 10.3 Å². The zero-order valence-electron chi connectivity index (χ0n) is 14.8. The molecule has 2 aromatic rings. The molecule has 0 radical (unpaired) electrons. The second kappa shape index (κ2) is 6.79. The highest BCUT2D eigenvalue weighted by atomic mass is 16.2. The number of likely N-dealkylation sites (N-methyl/N-ethyl adjacent to an activating group) is 1. The Morgan fingerprint density at radius 3 is 2.07 bits per heavy atom. The number of likely N-dealkylation sites (tertiary alicyclic amines) is 1. The van der Waals surface area contributed by atoms with Gasteiger partial charge in [0.1, 0.15) is 17.7 Å². The van der Waals surface area contributed by atoms with Gasteiger partial charge in [-0.2, -0.15) is 5.10 Å². The van der Waals surface area contributed by atoms with Gasteiger partial charge in [-0.15, -0.1) is 0 Å². The maximum absolute atomic E-state index is 13.5. The topological polar surface area (TPSA) is 78.8 Å². The van der Waals surface area contributed by atoms with E-state index in [1.54, 1.807) is 6.92 Å². The monoisotopic (exact) mass is 361 g/mol. The molecule has 4 rings (SSSR count). The molecule has 2 aromatic carbocycles. The van der Waals surface area contributed by atoms with Gasteiger partial charge in [0.05, 0.1) is 5.92 Å². The first kappa shape index (κ1) is 17.1. The number of carbonyl (C=O) groups is 3. The van der Waals surface area contributed by atoms with Gasteiger partial charge in [0.2, 0.25) is 5.91 Å². The van der Waals surface area contributed by atoms with E-state index in [-0.39, 0.29) is 29.9 Å². The third kappa shape index (κ3) is 2.73. The molecule has 1 saturated heterocycles. The fourth-order valence-corrected chi connectivity index (χ4v) is 3.80. The summed E-state index contributed by atoms with van der Waals surface area (Å²) in [7, 11) is 0. The quantitative estimate of drug-likeness (QED) is 0.823. The van der Waals surface area contributed by atoms with Crippen molar-refractivity contribution in [2.45, 2.75) is 18.9 Å². The van der Waals surface area contributed by atoms with E-state index in [4.69, 9.17) is 0 Å². The minimum atomic E-state index is -0.847. The molecule has 0 spiro atoms. The molecule has 2 heterocycles. The number of rotatable bonds is 5. The number of fused-ring (bicyclic) bond motifs is 1. The van der Waals surface area contributed by atoms with Gasteiger partial charge in [0.15, 0.2) is 5.78 Å². The summed E-state index contributed by atoms with van der Waals surface area (Å²) in [6, 6.07) is 18.0. The predicted molar refractivity (Wildman–Crippen MR) is 100.0 cm³/mol. The van der Waals surface area contributed by atoms with Gasteiger partial charge in [-0.3, -0.25) is 24.7 Å². The molecule has 0 saturated carbocycles. The minimum absolute atomic E-state index is 0.131. The molecular weight excluding hydrogens is 342 g/mol. The molecule has 2 atom stereocenters. The number of nitrogens with zero attached hydrogens (tertiary/aromatic N) is 2. The first-order chi connectivity index (χ1) is 13.1. The van der Waals surface area contributed by atoms with Crippen LogP contribution >= 0.6 is 0 Å². The van der Waals surface area contributed by atoms with Crippen molar-refractivity contribution in [3.8, 4) is 0 Å². The van der Waals surface area contributed by atoms with Crippen LogP contribution in [0.2, 0.25) is 0 Å². The van der Waals surface area contributed by atoms with Crippen molar-refractivity contribution in [2.24, 2.45) is 11.0 Å². The molecule has 27 heavy (non-hydrogen) atoms. The maximum Gasteiger partial charge on any atom is 0.254 e. The normalized spacial score (nSPS) is 21.3. The Kier molecular flexibility index (Phi) is 4.32. The van der Waals surface area contributed by atoms with Crippen molar-refractivity contribution >= 4 is 23.3 Å². The molecule has 2 aliphatic heterocycles. The van der Waals surface area contributed by atoms with Crippen LogP contribution in [-0.2, 0) is 14.4 Å². The zero-order valence-corrected chi connectivity index (χ0v) is 14.8. The Morgan fingerprint density at radius 1 is 1.00 bits per heavy atom. The lowest BCUT2D eigenvalue weighted by molar-refractivity contribution is -0.139. The first-order valence-corrected chi connectivity index (χ1v) is 8.96. The van der Waals surface area contributed by atoms with E-state index in [0.29, 0.717) is 0 Å². The number of imide groups is 1. The van der Waals surface area contributed by atoms with Crippen LogP contribution in [0.4, 0.5) is 0 Å². The van der Waals surface area contributed by atoms with E-state index in [1.165, 1.54) is 4.90 Å². The Balaban J connectivity index is 1.73. The van der Waals surface area contributed by atoms with E-state index in [1.807, 2.05) is 60.7 Å². The fourth-order valence-electron chi connectivity index (χ4n) is 3.80. The van der Waals surface area contributed by atoms with E-state index < -0.39 is 17.9 Å². The third-order valence-electron chi connectivity index (χ3n) is 5.11. The van der Waals surface area contributed by atoms with Crippen molar-refractivity contribution < 1.29 is 14.4 Å². The number of ketones is 1. The number of carbonyl (C=O) groups excluding carboxylic acids is 3. The maximum atomic E-state index is 13.5. The third-order valence-corrected chi connectivity index (χ3v) is 5.11. The minimum Gasteiger partial charge on any atom is -0.296 e. The molecule has 2 unspecified atom stereocenters. The highest BCUT2D eigenvalue weighted by Gasteiger charge is 2.54. The van der Waals surface area contributed by atoms with Gasteiger partial charge in [-0.05, 0) is 18.1 Å². The summed E-state index contributed by atoms with van der Waals surface area (Å²) in [5, 5.41) is 4.11. The Labute approximate surface area is 156 Å². The average molecular weight is 361 g/mol. The average Bonchev–Trinajstić information content (AvgIpc) is 3.24. The SMILES string of the molecule is CCN1C(=O)C2NN=C(C(=O)C(c3ccccc3)c3ccccc3)C2C1=O. The largest absolute Gasteiger partial charge is 0.296 e. The van der Waals surface area contributed by atoms with Crippen LogP contribution in [-0.4, -0.2) is 40.8 Å². The Bertz CT molecular complexity index is 885. The van der Waals surface area contributed by atoms with Gasteiger partial charge in [-0.25, -0.2) is 0 Å². The van der Waals surface area contributed by atoms with E-state index in [9.17, 15) is 14.4 Å². The number of nitrogens with one attached hydrogen (secondary N) is 1. The summed E-state index contributed by atoms with van der Waals surface area (Å²) in [5.41, 5.74) is 4.48. The summed E-state index contributed by atoms with van der Waals surface area (Å²) in [6.45, 7) is 2.03. The number of hydrogen-bond donors (Lipinski definition) is 1. The lowest BCUT2D eigenvalue weighted by Gasteiger charge is -2.18. The van der Waals surface area contributed by atoms with Crippen LogP contribution in [0, 0.1) is 5.92 Å². The number of benzene rings is 2.